The predicted molar refractivity (Wildman–Crippen MR) is 117 cm³/mol. The zero-order valence-corrected chi connectivity index (χ0v) is 18.3. The zero-order chi connectivity index (χ0) is 22.4. The van der Waals surface area contributed by atoms with Gasteiger partial charge in [0.2, 0.25) is 0 Å². The number of benzene rings is 2. The van der Waals surface area contributed by atoms with Crippen LogP contribution < -0.4 is 9.64 Å². The minimum atomic E-state index is -0.599. The van der Waals surface area contributed by atoms with Gasteiger partial charge >= 0.3 is 5.97 Å². The summed E-state index contributed by atoms with van der Waals surface area (Å²) >= 11 is 0. The average molecular weight is 429 g/mol. The van der Waals surface area contributed by atoms with Crippen LogP contribution >= 0.6 is 0 Å². The number of carbonyl (C=O) groups is 2. The third-order valence-electron chi connectivity index (χ3n) is 5.26. The van der Waals surface area contributed by atoms with Gasteiger partial charge in [-0.1, -0.05) is 45.0 Å². The molecule has 0 N–H and O–H groups in total. The molecule has 1 amide bonds. The topological polar surface area (TPSA) is 59.1 Å². The van der Waals surface area contributed by atoms with E-state index in [0.717, 1.165) is 0 Å². The lowest BCUT2D eigenvalue weighted by Gasteiger charge is -2.36. The minimum absolute atomic E-state index is 0.0402. The van der Waals surface area contributed by atoms with Gasteiger partial charge in [0.25, 0.3) is 5.91 Å². The molecule has 0 aliphatic carbocycles. The summed E-state index contributed by atoms with van der Waals surface area (Å²) in [7, 11) is 0. The van der Waals surface area contributed by atoms with Gasteiger partial charge in [-0.3, -0.25) is 4.79 Å². The van der Waals surface area contributed by atoms with Crippen molar-refractivity contribution in [2.45, 2.75) is 26.2 Å². The summed E-state index contributed by atoms with van der Waals surface area (Å²) in [6, 6.07) is 14.1. The van der Waals surface area contributed by atoms with Gasteiger partial charge in [-0.25, -0.2) is 9.18 Å². The molecule has 7 heteroatoms. The number of carbonyl (C=O) groups excluding carboxylic acids is 2. The first-order chi connectivity index (χ1) is 14.7. The Labute approximate surface area is 182 Å². The summed E-state index contributed by atoms with van der Waals surface area (Å²) in [5, 5.41) is 0. The van der Waals surface area contributed by atoms with Gasteiger partial charge in [-0.2, -0.15) is 0 Å². The lowest BCUT2D eigenvalue weighted by molar-refractivity contribution is -0.153. The number of esters is 1. The molecule has 1 aliphatic heterocycles. The summed E-state index contributed by atoms with van der Waals surface area (Å²) < 4.78 is 24.4. The first-order valence-corrected chi connectivity index (χ1v) is 10.4. The molecule has 166 valence electrons. The van der Waals surface area contributed by atoms with Gasteiger partial charge in [0.1, 0.15) is 11.6 Å². The van der Waals surface area contributed by atoms with E-state index in [4.69, 9.17) is 9.47 Å². The van der Waals surface area contributed by atoms with E-state index in [1.54, 1.807) is 23.1 Å². The van der Waals surface area contributed by atoms with Gasteiger partial charge in [-0.15, -0.1) is 0 Å². The smallest absolute Gasteiger partial charge is 0.344 e. The molecule has 0 spiro atoms. The van der Waals surface area contributed by atoms with Crippen LogP contribution in [0.15, 0.2) is 48.5 Å². The molecule has 1 heterocycles. The largest absolute Gasteiger partial charge is 0.482 e. The van der Waals surface area contributed by atoms with Gasteiger partial charge < -0.3 is 19.3 Å². The molecule has 1 saturated heterocycles. The number of ether oxygens (including phenoxy) is 2. The van der Waals surface area contributed by atoms with Crippen LogP contribution in [-0.4, -0.2) is 56.2 Å². The van der Waals surface area contributed by atoms with Crippen molar-refractivity contribution in [1.82, 2.24) is 4.90 Å². The van der Waals surface area contributed by atoms with Crippen LogP contribution in [0.25, 0.3) is 0 Å². The molecule has 31 heavy (non-hydrogen) atoms. The first-order valence-electron chi connectivity index (χ1n) is 10.4. The maximum Gasteiger partial charge on any atom is 0.344 e. The SMILES string of the molecule is CC(C)(C)c1ccc(OCC(=O)OCC(=O)N2CCN(c3ccccc3F)CC2)cc1. The van der Waals surface area contributed by atoms with E-state index in [2.05, 4.69) is 20.8 Å². The number of amides is 1. The highest BCUT2D eigenvalue weighted by atomic mass is 19.1. The zero-order valence-electron chi connectivity index (χ0n) is 18.3. The van der Waals surface area contributed by atoms with E-state index in [9.17, 15) is 14.0 Å². The molecule has 3 rings (SSSR count). The maximum absolute atomic E-state index is 13.9. The molecule has 2 aromatic carbocycles. The number of hydrogen-bond acceptors (Lipinski definition) is 5. The van der Waals surface area contributed by atoms with Crippen molar-refractivity contribution in [1.29, 1.82) is 0 Å². The third kappa shape index (κ3) is 6.20. The second kappa shape index (κ2) is 9.81. The minimum Gasteiger partial charge on any atom is -0.482 e. The number of rotatable bonds is 6. The lowest BCUT2D eigenvalue weighted by atomic mass is 9.87. The summed E-state index contributed by atoms with van der Waals surface area (Å²) in [5.74, 6) is -0.570. The van der Waals surface area contributed by atoms with Crippen molar-refractivity contribution in [2.75, 3.05) is 44.3 Å². The van der Waals surface area contributed by atoms with E-state index < -0.39 is 5.97 Å². The number of piperazine rings is 1. The Morgan fingerprint density at radius 1 is 0.935 bits per heavy atom. The van der Waals surface area contributed by atoms with E-state index in [1.807, 2.05) is 29.2 Å². The Bertz CT molecular complexity index is 901. The predicted octanol–water partition coefficient (Wildman–Crippen LogP) is 3.39. The quantitative estimate of drug-likeness (QED) is 0.660. The standard InChI is InChI=1S/C24H29FN2O4/c1-24(2,3)18-8-10-19(11-9-18)30-17-23(29)31-16-22(28)27-14-12-26(13-15-27)21-7-5-4-6-20(21)25/h4-11H,12-17H2,1-3H3. The molecule has 0 bridgehead atoms. The normalized spacial score (nSPS) is 14.3. The van der Waals surface area contributed by atoms with Gasteiger partial charge in [0.05, 0.1) is 5.69 Å². The second-order valence-electron chi connectivity index (χ2n) is 8.54. The molecule has 0 saturated carbocycles. The van der Waals surface area contributed by atoms with Crippen molar-refractivity contribution < 1.29 is 23.5 Å². The van der Waals surface area contributed by atoms with E-state index in [0.29, 0.717) is 37.6 Å². The summed E-state index contributed by atoms with van der Waals surface area (Å²) in [5.41, 5.74) is 1.75. The first kappa shape index (κ1) is 22.6. The molecule has 1 aliphatic rings. The number of anilines is 1. The van der Waals surface area contributed by atoms with Crippen molar-refractivity contribution >= 4 is 17.6 Å². The highest BCUT2D eigenvalue weighted by Crippen LogP contribution is 2.24. The molecule has 1 fully saturated rings. The van der Waals surface area contributed by atoms with Crippen LogP contribution in [-0.2, 0) is 19.7 Å². The van der Waals surface area contributed by atoms with Crippen molar-refractivity contribution in [2.24, 2.45) is 0 Å². The molecule has 0 unspecified atom stereocenters. The third-order valence-corrected chi connectivity index (χ3v) is 5.26. The molecule has 0 radical (unpaired) electrons. The Balaban J connectivity index is 1.39. The number of hydrogen-bond donors (Lipinski definition) is 0. The van der Waals surface area contributed by atoms with Crippen LogP contribution in [0.2, 0.25) is 0 Å². The number of para-hydroxylation sites is 1. The number of halogens is 1. The molecule has 0 aromatic heterocycles. The Kier molecular flexibility index (Phi) is 7.15. The van der Waals surface area contributed by atoms with Crippen LogP contribution in [0, 0.1) is 5.82 Å². The highest BCUT2D eigenvalue weighted by Gasteiger charge is 2.23. The Hall–Kier alpha value is -3.09. The second-order valence-corrected chi connectivity index (χ2v) is 8.54. The molecule has 2 aromatic rings. The van der Waals surface area contributed by atoms with Gasteiger partial charge in [0, 0.05) is 26.2 Å². The highest BCUT2D eigenvalue weighted by molar-refractivity contribution is 5.81. The molecule has 6 nitrogen and oxygen atoms in total. The van der Waals surface area contributed by atoms with E-state index in [-0.39, 0.29) is 30.4 Å². The Morgan fingerprint density at radius 2 is 1.58 bits per heavy atom. The fourth-order valence-corrected chi connectivity index (χ4v) is 3.37. The van der Waals surface area contributed by atoms with Crippen molar-refractivity contribution in [3.8, 4) is 5.75 Å². The molecular weight excluding hydrogens is 399 g/mol. The fourth-order valence-electron chi connectivity index (χ4n) is 3.37. The van der Waals surface area contributed by atoms with Crippen LogP contribution in [0.5, 0.6) is 5.75 Å². The summed E-state index contributed by atoms with van der Waals surface area (Å²) in [6.45, 7) is 7.71. The van der Waals surface area contributed by atoms with E-state index in [1.165, 1.54) is 11.6 Å². The summed E-state index contributed by atoms with van der Waals surface area (Å²) in [4.78, 5) is 27.8. The molecular formula is C24H29FN2O4. The van der Waals surface area contributed by atoms with Crippen LogP contribution in [0.3, 0.4) is 0 Å². The summed E-state index contributed by atoms with van der Waals surface area (Å²) in [6.07, 6.45) is 0. The van der Waals surface area contributed by atoms with Crippen LogP contribution in [0.1, 0.15) is 26.3 Å². The maximum atomic E-state index is 13.9. The lowest BCUT2D eigenvalue weighted by Crippen LogP contribution is -2.50. The van der Waals surface area contributed by atoms with Crippen LogP contribution in [0.4, 0.5) is 10.1 Å². The fraction of sp³-hybridized carbons (Fsp3) is 0.417. The Morgan fingerprint density at radius 3 is 2.19 bits per heavy atom. The van der Waals surface area contributed by atoms with Crippen molar-refractivity contribution in [3.05, 3.63) is 59.9 Å². The van der Waals surface area contributed by atoms with Gasteiger partial charge in [-0.05, 0) is 35.2 Å². The van der Waals surface area contributed by atoms with Gasteiger partial charge in [0.15, 0.2) is 13.2 Å². The molecule has 0 atom stereocenters. The monoisotopic (exact) mass is 428 g/mol. The average Bonchev–Trinajstić information content (AvgIpc) is 2.76. The number of nitrogens with zero attached hydrogens (tertiary/aromatic N) is 2. The van der Waals surface area contributed by atoms with E-state index >= 15 is 0 Å². The van der Waals surface area contributed by atoms with Crippen molar-refractivity contribution in [3.63, 3.8) is 0 Å².